The van der Waals surface area contributed by atoms with Crippen LogP contribution in [0.1, 0.15) is 41.5 Å². The topological polar surface area (TPSA) is 49.9 Å². The number of carbonyl (C=O) groups excluding carboxylic acids is 2. The third-order valence-corrected chi connectivity index (χ3v) is 2.25. The predicted molar refractivity (Wildman–Crippen MR) is 73.5 cm³/mol. The SMILES string of the molecule is CC.CC.CCOC(=O)N1CCN(C(C)=O)CC1. The number of piperazine rings is 1. The molecule has 0 aromatic heterocycles. The Kier molecular flexibility index (Phi) is 12.9. The fourth-order valence-electron chi connectivity index (χ4n) is 1.42. The summed E-state index contributed by atoms with van der Waals surface area (Å²) in [6, 6.07) is 0. The van der Waals surface area contributed by atoms with Crippen molar-refractivity contribution < 1.29 is 14.3 Å². The van der Waals surface area contributed by atoms with Gasteiger partial charge in [-0.15, -0.1) is 0 Å². The van der Waals surface area contributed by atoms with E-state index in [0.717, 1.165) is 0 Å². The van der Waals surface area contributed by atoms with Gasteiger partial charge in [-0.25, -0.2) is 4.79 Å². The van der Waals surface area contributed by atoms with Gasteiger partial charge >= 0.3 is 6.09 Å². The van der Waals surface area contributed by atoms with Crippen molar-refractivity contribution >= 4 is 12.0 Å². The average molecular weight is 260 g/mol. The largest absolute Gasteiger partial charge is 0.450 e. The van der Waals surface area contributed by atoms with Crippen LogP contribution in [-0.4, -0.2) is 54.6 Å². The van der Waals surface area contributed by atoms with Crippen molar-refractivity contribution in [2.45, 2.75) is 41.5 Å². The summed E-state index contributed by atoms with van der Waals surface area (Å²) in [6.45, 7) is 14.1. The molecule has 5 nitrogen and oxygen atoms in total. The molecule has 0 N–H and O–H groups in total. The Morgan fingerprint density at radius 2 is 1.33 bits per heavy atom. The average Bonchev–Trinajstić information content (AvgIpc) is 2.43. The van der Waals surface area contributed by atoms with Gasteiger partial charge in [0.05, 0.1) is 6.61 Å². The summed E-state index contributed by atoms with van der Waals surface area (Å²) in [7, 11) is 0. The molecule has 1 aliphatic heterocycles. The summed E-state index contributed by atoms with van der Waals surface area (Å²) in [6.07, 6.45) is -0.282. The maximum Gasteiger partial charge on any atom is 0.409 e. The fraction of sp³-hybridized carbons (Fsp3) is 0.846. The zero-order valence-electron chi connectivity index (χ0n) is 12.7. The summed E-state index contributed by atoms with van der Waals surface area (Å²) in [5.74, 6) is 0.0634. The number of amides is 2. The van der Waals surface area contributed by atoms with Gasteiger partial charge in [0.15, 0.2) is 0 Å². The van der Waals surface area contributed by atoms with E-state index in [2.05, 4.69) is 0 Å². The first-order valence-corrected chi connectivity index (χ1v) is 6.82. The van der Waals surface area contributed by atoms with Gasteiger partial charge in [0.25, 0.3) is 0 Å². The van der Waals surface area contributed by atoms with Crippen LogP contribution in [0.2, 0.25) is 0 Å². The number of ether oxygens (including phenoxy) is 1. The summed E-state index contributed by atoms with van der Waals surface area (Å²) in [4.78, 5) is 25.6. The monoisotopic (exact) mass is 260 g/mol. The number of rotatable bonds is 1. The molecule has 1 saturated heterocycles. The van der Waals surface area contributed by atoms with Crippen LogP contribution in [0.3, 0.4) is 0 Å². The Balaban J connectivity index is 0. The molecule has 0 aliphatic carbocycles. The summed E-state index contributed by atoms with van der Waals surface area (Å²) in [5.41, 5.74) is 0. The van der Waals surface area contributed by atoms with E-state index < -0.39 is 0 Å². The lowest BCUT2D eigenvalue weighted by Crippen LogP contribution is -2.50. The molecule has 5 heteroatoms. The van der Waals surface area contributed by atoms with Gasteiger partial charge in [-0.2, -0.15) is 0 Å². The quantitative estimate of drug-likeness (QED) is 0.727. The molecule has 0 aromatic carbocycles. The molecule has 1 heterocycles. The number of carbonyl (C=O) groups is 2. The molecule has 18 heavy (non-hydrogen) atoms. The van der Waals surface area contributed by atoms with Gasteiger partial charge in [0.1, 0.15) is 0 Å². The summed E-state index contributed by atoms with van der Waals surface area (Å²) in [5, 5.41) is 0. The molecule has 1 fully saturated rings. The van der Waals surface area contributed by atoms with Crippen LogP contribution in [0.4, 0.5) is 4.79 Å². The molecule has 0 spiro atoms. The number of hydrogen-bond donors (Lipinski definition) is 0. The van der Waals surface area contributed by atoms with Gasteiger partial charge in [-0.1, -0.05) is 27.7 Å². The van der Waals surface area contributed by atoms with Gasteiger partial charge in [0, 0.05) is 33.1 Å². The van der Waals surface area contributed by atoms with Crippen molar-refractivity contribution in [3.63, 3.8) is 0 Å². The van der Waals surface area contributed by atoms with Crippen LogP contribution in [0.15, 0.2) is 0 Å². The van der Waals surface area contributed by atoms with Crippen LogP contribution >= 0.6 is 0 Å². The van der Waals surface area contributed by atoms with Gasteiger partial charge in [-0.05, 0) is 6.92 Å². The Hall–Kier alpha value is -1.26. The summed E-state index contributed by atoms with van der Waals surface area (Å²) < 4.78 is 4.86. The Bertz CT molecular complexity index is 224. The van der Waals surface area contributed by atoms with Gasteiger partial charge in [0.2, 0.25) is 5.91 Å². The molecule has 0 aromatic rings. The van der Waals surface area contributed by atoms with Crippen LogP contribution in [-0.2, 0) is 9.53 Å². The lowest BCUT2D eigenvalue weighted by molar-refractivity contribution is -0.130. The third-order valence-electron chi connectivity index (χ3n) is 2.25. The second-order valence-electron chi connectivity index (χ2n) is 3.19. The van der Waals surface area contributed by atoms with Gasteiger partial charge < -0.3 is 14.5 Å². The first-order valence-electron chi connectivity index (χ1n) is 6.82. The van der Waals surface area contributed by atoms with Crippen LogP contribution in [0.5, 0.6) is 0 Å². The molecule has 1 rings (SSSR count). The molecule has 1 aliphatic rings. The van der Waals surface area contributed by atoms with E-state index in [4.69, 9.17) is 4.74 Å². The minimum atomic E-state index is -0.282. The highest BCUT2D eigenvalue weighted by molar-refractivity contribution is 5.74. The van der Waals surface area contributed by atoms with Crippen molar-refractivity contribution in [1.82, 2.24) is 9.80 Å². The molecule has 0 radical (unpaired) electrons. The maximum atomic E-state index is 11.3. The van der Waals surface area contributed by atoms with Crippen molar-refractivity contribution in [2.75, 3.05) is 32.8 Å². The normalized spacial score (nSPS) is 13.7. The van der Waals surface area contributed by atoms with E-state index in [1.807, 2.05) is 27.7 Å². The molecule has 2 amide bonds. The van der Waals surface area contributed by atoms with E-state index in [1.165, 1.54) is 0 Å². The van der Waals surface area contributed by atoms with E-state index in [-0.39, 0.29) is 12.0 Å². The molecule has 0 unspecified atom stereocenters. The van der Waals surface area contributed by atoms with Gasteiger partial charge in [-0.3, -0.25) is 4.79 Å². The second-order valence-corrected chi connectivity index (χ2v) is 3.19. The third kappa shape index (κ3) is 7.14. The lowest BCUT2D eigenvalue weighted by Gasteiger charge is -2.33. The molecule has 0 saturated carbocycles. The first kappa shape index (κ1) is 19.1. The Morgan fingerprint density at radius 3 is 1.67 bits per heavy atom. The predicted octanol–water partition coefficient (Wildman–Crippen LogP) is 2.36. The van der Waals surface area contributed by atoms with E-state index >= 15 is 0 Å². The second kappa shape index (κ2) is 12.2. The van der Waals surface area contributed by atoms with E-state index in [0.29, 0.717) is 32.8 Å². The van der Waals surface area contributed by atoms with Crippen molar-refractivity contribution in [1.29, 1.82) is 0 Å². The highest BCUT2D eigenvalue weighted by Crippen LogP contribution is 2.03. The maximum absolute atomic E-state index is 11.3. The summed E-state index contributed by atoms with van der Waals surface area (Å²) >= 11 is 0. The van der Waals surface area contributed by atoms with E-state index in [9.17, 15) is 9.59 Å². The van der Waals surface area contributed by atoms with Crippen LogP contribution < -0.4 is 0 Å². The fourth-order valence-corrected chi connectivity index (χ4v) is 1.42. The Labute approximate surface area is 111 Å². The van der Waals surface area contributed by atoms with Crippen molar-refractivity contribution in [3.05, 3.63) is 0 Å². The van der Waals surface area contributed by atoms with Crippen LogP contribution in [0, 0.1) is 0 Å². The molecular formula is C13H28N2O3. The molecule has 0 bridgehead atoms. The number of nitrogens with zero attached hydrogens (tertiary/aromatic N) is 2. The standard InChI is InChI=1S/C9H16N2O3.2C2H6/c1-3-14-9(13)11-6-4-10(5-7-11)8(2)12;2*1-2/h3-7H2,1-2H3;2*1-2H3. The molecule has 0 atom stereocenters. The van der Waals surface area contributed by atoms with Crippen LogP contribution in [0.25, 0.3) is 0 Å². The zero-order valence-corrected chi connectivity index (χ0v) is 12.7. The van der Waals surface area contributed by atoms with E-state index in [1.54, 1.807) is 23.6 Å². The first-order chi connectivity index (χ1) is 8.65. The van der Waals surface area contributed by atoms with Crippen molar-refractivity contribution in [3.8, 4) is 0 Å². The Morgan fingerprint density at radius 1 is 0.944 bits per heavy atom. The highest BCUT2D eigenvalue weighted by atomic mass is 16.6. The smallest absolute Gasteiger partial charge is 0.409 e. The minimum absolute atomic E-state index is 0.0634. The number of hydrogen-bond acceptors (Lipinski definition) is 3. The molecule has 108 valence electrons. The van der Waals surface area contributed by atoms with Crippen molar-refractivity contribution in [2.24, 2.45) is 0 Å². The zero-order chi connectivity index (χ0) is 14.6. The minimum Gasteiger partial charge on any atom is -0.450 e. The molecular weight excluding hydrogens is 232 g/mol. The lowest BCUT2D eigenvalue weighted by atomic mass is 10.3. The highest BCUT2D eigenvalue weighted by Gasteiger charge is 2.22.